The molecule has 2 rings (SSSR count). The lowest BCUT2D eigenvalue weighted by atomic mass is 9.79. The first-order valence-corrected chi connectivity index (χ1v) is 6.26. The quantitative estimate of drug-likeness (QED) is 0.461. The SMILES string of the molecule is C=CCNCC(=O)c1cccc(C2CCC2)c1. The fourth-order valence-electron chi connectivity index (χ4n) is 2.10. The van der Waals surface area contributed by atoms with Crippen molar-refractivity contribution >= 4 is 5.78 Å². The minimum absolute atomic E-state index is 0.160. The number of carbonyl (C=O) groups is 1. The second-order valence-electron chi connectivity index (χ2n) is 4.60. The van der Waals surface area contributed by atoms with Crippen molar-refractivity contribution in [3.63, 3.8) is 0 Å². The van der Waals surface area contributed by atoms with Crippen LogP contribution in [0, 0.1) is 0 Å². The molecule has 2 nitrogen and oxygen atoms in total. The predicted octanol–water partition coefficient (Wildman–Crippen LogP) is 2.91. The van der Waals surface area contributed by atoms with Crippen molar-refractivity contribution in [2.45, 2.75) is 25.2 Å². The molecule has 0 aromatic heterocycles. The first-order valence-electron chi connectivity index (χ1n) is 6.26. The molecule has 1 aromatic rings. The highest BCUT2D eigenvalue weighted by Gasteiger charge is 2.20. The van der Waals surface area contributed by atoms with E-state index in [9.17, 15) is 4.79 Å². The Labute approximate surface area is 103 Å². The van der Waals surface area contributed by atoms with Crippen LogP contribution >= 0.6 is 0 Å². The first-order chi connectivity index (χ1) is 8.31. The number of hydrogen-bond donors (Lipinski definition) is 1. The number of ketones is 1. The van der Waals surface area contributed by atoms with Crippen LogP contribution in [-0.4, -0.2) is 18.9 Å². The molecule has 0 radical (unpaired) electrons. The van der Waals surface area contributed by atoms with Gasteiger partial charge < -0.3 is 5.32 Å². The summed E-state index contributed by atoms with van der Waals surface area (Å²) in [6, 6.07) is 8.09. The minimum Gasteiger partial charge on any atom is -0.306 e. The third kappa shape index (κ3) is 3.04. The fourth-order valence-corrected chi connectivity index (χ4v) is 2.10. The lowest BCUT2D eigenvalue weighted by Crippen LogP contribution is -2.23. The average molecular weight is 229 g/mol. The molecule has 1 saturated carbocycles. The Hall–Kier alpha value is -1.41. The van der Waals surface area contributed by atoms with Gasteiger partial charge in [-0.05, 0) is 30.4 Å². The van der Waals surface area contributed by atoms with E-state index in [1.54, 1.807) is 6.08 Å². The Morgan fingerprint density at radius 3 is 2.94 bits per heavy atom. The van der Waals surface area contributed by atoms with Crippen LogP contribution in [0.2, 0.25) is 0 Å². The zero-order valence-corrected chi connectivity index (χ0v) is 10.1. The van der Waals surface area contributed by atoms with Crippen molar-refractivity contribution in [1.82, 2.24) is 5.32 Å². The van der Waals surface area contributed by atoms with Gasteiger partial charge in [-0.15, -0.1) is 6.58 Å². The Morgan fingerprint density at radius 1 is 1.47 bits per heavy atom. The predicted molar refractivity (Wildman–Crippen MR) is 70.4 cm³/mol. The van der Waals surface area contributed by atoms with Gasteiger partial charge in [0.05, 0.1) is 6.54 Å². The largest absolute Gasteiger partial charge is 0.306 e. The van der Waals surface area contributed by atoms with Crippen LogP contribution in [0.15, 0.2) is 36.9 Å². The molecule has 2 heteroatoms. The minimum atomic E-state index is 0.160. The summed E-state index contributed by atoms with van der Waals surface area (Å²) in [5.41, 5.74) is 2.15. The summed E-state index contributed by atoms with van der Waals surface area (Å²) in [4.78, 5) is 11.9. The molecule has 1 aliphatic carbocycles. The molecule has 0 unspecified atom stereocenters. The maximum atomic E-state index is 11.9. The van der Waals surface area contributed by atoms with E-state index < -0.39 is 0 Å². The molecule has 0 heterocycles. The highest BCUT2D eigenvalue weighted by Crippen LogP contribution is 2.36. The number of nitrogens with one attached hydrogen (secondary N) is 1. The Morgan fingerprint density at radius 2 is 2.29 bits per heavy atom. The third-order valence-corrected chi connectivity index (χ3v) is 3.36. The van der Waals surface area contributed by atoms with E-state index in [0.29, 0.717) is 19.0 Å². The summed E-state index contributed by atoms with van der Waals surface area (Å²) in [6.45, 7) is 4.68. The normalized spacial score (nSPS) is 15.3. The maximum Gasteiger partial charge on any atom is 0.176 e. The summed E-state index contributed by atoms with van der Waals surface area (Å²) >= 11 is 0. The van der Waals surface area contributed by atoms with Crippen LogP contribution in [0.3, 0.4) is 0 Å². The summed E-state index contributed by atoms with van der Waals surface area (Å²) < 4.78 is 0. The molecule has 17 heavy (non-hydrogen) atoms. The highest BCUT2D eigenvalue weighted by molar-refractivity contribution is 5.97. The summed E-state index contributed by atoms with van der Waals surface area (Å²) in [5.74, 6) is 0.844. The molecule has 1 aliphatic rings. The fraction of sp³-hybridized carbons (Fsp3) is 0.400. The molecule has 1 N–H and O–H groups in total. The van der Waals surface area contributed by atoms with E-state index in [4.69, 9.17) is 0 Å². The average Bonchev–Trinajstić information content (AvgIpc) is 2.27. The highest BCUT2D eigenvalue weighted by atomic mass is 16.1. The molecule has 0 saturated heterocycles. The molecule has 1 fully saturated rings. The van der Waals surface area contributed by atoms with E-state index in [0.717, 1.165) is 5.56 Å². The van der Waals surface area contributed by atoms with Gasteiger partial charge in [0.25, 0.3) is 0 Å². The van der Waals surface area contributed by atoms with Gasteiger partial charge in [-0.25, -0.2) is 0 Å². The van der Waals surface area contributed by atoms with Crippen molar-refractivity contribution in [1.29, 1.82) is 0 Å². The Bertz CT molecular complexity index is 407. The summed E-state index contributed by atoms with van der Waals surface area (Å²) in [7, 11) is 0. The molecule has 1 aromatic carbocycles. The molecule has 90 valence electrons. The second-order valence-corrected chi connectivity index (χ2v) is 4.60. The zero-order valence-electron chi connectivity index (χ0n) is 10.1. The lowest BCUT2D eigenvalue weighted by molar-refractivity contribution is 0.0992. The van der Waals surface area contributed by atoms with Crippen molar-refractivity contribution < 1.29 is 4.79 Å². The number of Topliss-reactive ketones (excluding diaryl/α,β-unsaturated/α-hetero) is 1. The molecule has 0 bridgehead atoms. The molecular weight excluding hydrogens is 210 g/mol. The van der Waals surface area contributed by atoms with Crippen molar-refractivity contribution in [2.75, 3.05) is 13.1 Å². The van der Waals surface area contributed by atoms with Gasteiger partial charge in [0.15, 0.2) is 5.78 Å². The van der Waals surface area contributed by atoms with Gasteiger partial charge in [-0.2, -0.15) is 0 Å². The topological polar surface area (TPSA) is 29.1 Å². The van der Waals surface area contributed by atoms with E-state index >= 15 is 0 Å². The van der Waals surface area contributed by atoms with Crippen LogP contribution < -0.4 is 5.32 Å². The monoisotopic (exact) mass is 229 g/mol. The molecular formula is C15H19NO. The summed E-state index contributed by atoms with van der Waals surface area (Å²) in [6.07, 6.45) is 5.63. The van der Waals surface area contributed by atoms with Crippen molar-refractivity contribution in [3.8, 4) is 0 Å². The third-order valence-electron chi connectivity index (χ3n) is 3.36. The molecule has 0 atom stereocenters. The van der Waals surface area contributed by atoms with Gasteiger partial charge in [0.2, 0.25) is 0 Å². The van der Waals surface area contributed by atoms with Crippen LogP contribution in [0.5, 0.6) is 0 Å². The van der Waals surface area contributed by atoms with Gasteiger partial charge in [-0.3, -0.25) is 4.79 Å². The van der Waals surface area contributed by atoms with E-state index in [1.165, 1.54) is 24.8 Å². The van der Waals surface area contributed by atoms with Crippen LogP contribution in [-0.2, 0) is 0 Å². The van der Waals surface area contributed by atoms with Gasteiger partial charge in [0, 0.05) is 12.1 Å². The first kappa shape index (κ1) is 12.1. The smallest absolute Gasteiger partial charge is 0.176 e. The number of benzene rings is 1. The van der Waals surface area contributed by atoms with E-state index in [2.05, 4.69) is 24.0 Å². The van der Waals surface area contributed by atoms with E-state index in [1.807, 2.05) is 12.1 Å². The van der Waals surface area contributed by atoms with Crippen LogP contribution in [0.4, 0.5) is 0 Å². The number of hydrogen-bond acceptors (Lipinski definition) is 2. The Kier molecular flexibility index (Phi) is 4.10. The van der Waals surface area contributed by atoms with Crippen LogP contribution in [0.25, 0.3) is 0 Å². The second kappa shape index (κ2) is 5.78. The zero-order chi connectivity index (χ0) is 12.1. The molecule has 0 spiro atoms. The standard InChI is InChI=1S/C15H19NO/c1-2-9-16-11-15(17)14-8-4-7-13(10-14)12-5-3-6-12/h2,4,7-8,10,12,16H,1,3,5-6,9,11H2. The molecule has 0 aliphatic heterocycles. The number of rotatable bonds is 6. The lowest BCUT2D eigenvalue weighted by Gasteiger charge is -2.26. The van der Waals surface area contributed by atoms with Crippen molar-refractivity contribution in [3.05, 3.63) is 48.0 Å². The maximum absolute atomic E-state index is 11.9. The van der Waals surface area contributed by atoms with Gasteiger partial charge in [-0.1, -0.05) is 30.7 Å². The van der Waals surface area contributed by atoms with Gasteiger partial charge >= 0.3 is 0 Å². The summed E-state index contributed by atoms with van der Waals surface area (Å²) in [5, 5.41) is 3.04. The van der Waals surface area contributed by atoms with Gasteiger partial charge in [0.1, 0.15) is 0 Å². The van der Waals surface area contributed by atoms with E-state index in [-0.39, 0.29) is 5.78 Å². The number of carbonyl (C=O) groups excluding carboxylic acids is 1. The molecule has 0 amide bonds. The Balaban J connectivity index is 1.99. The van der Waals surface area contributed by atoms with Crippen molar-refractivity contribution in [2.24, 2.45) is 0 Å². The van der Waals surface area contributed by atoms with Crippen LogP contribution in [0.1, 0.15) is 41.1 Å².